The Bertz CT molecular complexity index is 525. The summed E-state index contributed by atoms with van der Waals surface area (Å²) < 4.78 is 0. The molecule has 0 unspecified atom stereocenters. The number of rotatable bonds is 7. The Labute approximate surface area is 139 Å². The topological polar surface area (TPSA) is 95.2 Å². The van der Waals surface area contributed by atoms with E-state index in [0.717, 1.165) is 0 Å². The Morgan fingerprint density at radius 3 is 2.59 bits per heavy atom. The minimum Gasteiger partial charge on any atom is -0.367 e. The van der Waals surface area contributed by atoms with Gasteiger partial charge in [-0.2, -0.15) is 0 Å². The standard InChI is InChI=1S/C13H19Cl2N5O2/c1-8(2)20-11(21)7-19-13(22)17-4-3-16-12-10(15)5-9(14)6-18-12/h5-6,8H,3-4,7H2,1-2H3,(H,16,18)(H,20,21)(H2,17,19,22). The number of hydrogen-bond donors (Lipinski definition) is 4. The molecule has 1 aromatic heterocycles. The zero-order chi connectivity index (χ0) is 16.5. The van der Waals surface area contributed by atoms with E-state index < -0.39 is 6.03 Å². The van der Waals surface area contributed by atoms with Crippen molar-refractivity contribution in [1.29, 1.82) is 0 Å². The number of carbonyl (C=O) groups excluding carboxylic acids is 2. The maximum absolute atomic E-state index is 11.5. The van der Waals surface area contributed by atoms with E-state index in [1.54, 1.807) is 6.07 Å². The molecule has 0 radical (unpaired) electrons. The van der Waals surface area contributed by atoms with Gasteiger partial charge < -0.3 is 21.3 Å². The Hall–Kier alpha value is -1.73. The number of nitrogens with one attached hydrogen (secondary N) is 4. The highest BCUT2D eigenvalue weighted by molar-refractivity contribution is 6.35. The first-order valence-corrected chi connectivity index (χ1v) is 7.50. The first kappa shape index (κ1) is 18.3. The lowest BCUT2D eigenvalue weighted by Gasteiger charge is -2.11. The van der Waals surface area contributed by atoms with Crippen molar-refractivity contribution in [3.05, 3.63) is 22.3 Å². The highest BCUT2D eigenvalue weighted by Crippen LogP contribution is 2.21. The summed E-state index contributed by atoms with van der Waals surface area (Å²) in [7, 11) is 0. The molecule has 0 aromatic carbocycles. The SMILES string of the molecule is CC(C)NC(=O)CNC(=O)NCCNc1ncc(Cl)cc1Cl. The monoisotopic (exact) mass is 347 g/mol. The molecule has 0 fully saturated rings. The largest absolute Gasteiger partial charge is 0.367 e. The van der Waals surface area contributed by atoms with Gasteiger partial charge in [0.1, 0.15) is 5.82 Å². The van der Waals surface area contributed by atoms with Crippen LogP contribution in [0.15, 0.2) is 12.3 Å². The van der Waals surface area contributed by atoms with Crippen molar-refractivity contribution in [2.24, 2.45) is 0 Å². The number of hydrogen-bond acceptors (Lipinski definition) is 4. The average molecular weight is 348 g/mol. The van der Waals surface area contributed by atoms with Crippen molar-refractivity contribution in [2.45, 2.75) is 19.9 Å². The molecule has 9 heteroatoms. The van der Waals surface area contributed by atoms with Crippen LogP contribution in [0.2, 0.25) is 10.0 Å². The number of amides is 3. The summed E-state index contributed by atoms with van der Waals surface area (Å²) in [6.45, 7) is 4.40. The smallest absolute Gasteiger partial charge is 0.315 e. The number of urea groups is 1. The van der Waals surface area contributed by atoms with Crippen LogP contribution in [-0.4, -0.2) is 42.6 Å². The summed E-state index contributed by atoms with van der Waals surface area (Å²) >= 11 is 11.7. The van der Waals surface area contributed by atoms with Gasteiger partial charge >= 0.3 is 6.03 Å². The molecule has 0 atom stereocenters. The average Bonchev–Trinajstić information content (AvgIpc) is 2.42. The predicted molar refractivity (Wildman–Crippen MR) is 87.4 cm³/mol. The highest BCUT2D eigenvalue weighted by atomic mass is 35.5. The van der Waals surface area contributed by atoms with E-state index in [4.69, 9.17) is 23.2 Å². The van der Waals surface area contributed by atoms with Crippen LogP contribution < -0.4 is 21.3 Å². The molecular weight excluding hydrogens is 329 g/mol. The van der Waals surface area contributed by atoms with Gasteiger partial charge in [-0.1, -0.05) is 23.2 Å². The van der Waals surface area contributed by atoms with Crippen LogP contribution in [-0.2, 0) is 4.79 Å². The third-order valence-corrected chi connectivity index (χ3v) is 2.86. The molecular formula is C13H19Cl2N5O2. The molecule has 3 amide bonds. The molecule has 0 spiro atoms. The molecule has 0 bridgehead atoms. The second-order valence-electron chi connectivity index (χ2n) is 4.74. The van der Waals surface area contributed by atoms with E-state index in [1.165, 1.54) is 6.20 Å². The Morgan fingerprint density at radius 2 is 1.95 bits per heavy atom. The van der Waals surface area contributed by atoms with Crippen LogP contribution in [0.4, 0.5) is 10.6 Å². The molecule has 0 saturated heterocycles. The van der Waals surface area contributed by atoms with Crippen molar-refractivity contribution in [3.63, 3.8) is 0 Å². The van der Waals surface area contributed by atoms with Gasteiger partial charge in [-0.15, -0.1) is 0 Å². The van der Waals surface area contributed by atoms with E-state index >= 15 is 0 Å². The lowest BCUT2D eigenvalue weighted by Crippen LogP contribution is -2.44. The highest BCUT2D eigenvalue weighted by Gasteiger charge is 2.06. The molecule has 0 aliphatic heterocycles. The van der Waals surface area contributed by atoms with Crippen LogP contribution in [0, 0.1) is 0 Å². The summed E-state index contributed by atoms with van der Waals surface area (Å²) in [6, 6.07) is 1.19. The number of aromatic nitrogens is 1. The van der Waals surface area contributed by atoms with Gasteiger partial charge in [-0.05, 0) is 19.9 Å². The third-order valence-electron chi connectivity index (χ3n) is 2.37. The van der Waals surface area contributed by atoms with Crippen molar-refractivity contribution in [3.8, 4) is 0 Å². The molecule has 0 aliphatic rings. The van der Waals surface area contributed by atoms with Gasteiger partial charge in [0.15, 0.2) is 0 Å². The van der Waals surface area contributed by atoms with Crippen LogP contribution in [0.1, 0.15) is 13.8 Å². The van der Waals surface area contributed by atoms with Gasteiger partial charge in [0, 0.05) is 25.3 Å². The van der Waals surface area contributed by atoms with Crippen LogP contribution in [0.5, 0.6) is 0 Å². The first-order valence-electron chi connectivity index (χ1n) is 6.74. The van der Waals surface area contributed by atoms with Crippen molar-refractivity contribution >= 4 is 41.0 Å². The van der Waals surface area contributed by atoms with Crippen LogP contribution in [0.25, 0.3) is 0 Å². The Balaban J connectivity index is 2.18. The summed E-state index contributed by atoms with van der Waals surface area (Å²) in [4.78, 5) is 26.8. The molecule has 1 heterocycles. The molecule has 7 nitrogen and oxygen atoms in total. The summed E-state index contributed by atoms with van der Waals surface area (Å²) in [6.07, 6.45) is 1.48. The molecule has 1 rings (SSSR count). The van der Waals surface area contributed by atoms with Crippen LogP contribution >= 0.6 is 23.2 Å². The van der Waals surface area contributed by atoms with Crippen LogP contribution in [0.3, 0.4) is 0 Å². The van der Waals surface area contributed by atoms with Crippen molar-refractivity contribution < 1.29 is 9.59 Å². The predicted octanol–water partition coefficient (Wildman–Crippen LogP) is 1.62. The molecule has 0 aliphatic carbocycles. The maximum atomic E-state index is 11.5. The maximum Gasteiger partial charge on any atom is 0.315 e. The lowest BCUT2D eigenvalue weighted by atomic mass is 10.4. The quantitative estimate of drug-likeness (QED) is 0.563. The number of carbonyl (C=O) groups is 2. The number of nitrogens with zero attached hydrogens (tertiary/aromatic N) is 1. The number of anilines is 1. The zero-order valence-electron chi connectivity index (χ0n) is 12.4. The van der Waals surface area contributed by atoms with Gasteiger partial charge in [-0.25, -0.2) is 9.78 Å². The Morgan fingerprint density at radius 1 is 1.23 bits per heavy atom. The molecule has 0 saturated carbocycles. The normalized spacial score (nSPS) is 10.2. The third kappa shape index (κ3) is 7.33. The Kier molecular flexibility index (Phi) is 7.76. The second kappa shape index (κ2) is 9.32. The van der Waals surface area contributed by atoms with Gasteiger partial charge in [0.2, 0.25) is 5.91 Å². The minimum absolute atomic E-state index is 0.0400. The van der Waals surface area contributed by atoms with E-state index in [0.29, 0.717) is 29.0 Å². The fraction of sp³-hybridized carbons (Fsp3) is 0.462. The molecule has 22 heavy (non-hydrogen) atoms. The number of pyridine rings is 1. The van der Waals surface area contributed by atoms with Gasteiger partial charge in [0.05, 0.1) is 16.6 Å². The van der Waals surface area contributed by atoms with E-state index in [-0.39, 0.29) is 18.5 Å². The van der Waals surface area contributed by atoms with E-state index in [2.05, 4.69) is 26.3 Å². The molecule has 1 aromatic rings. The van der Waals surface area contributed by atoms with Crippen molar-refractivity contribution in [1.82, 2.24) is 20.9 Å². The summed E-state index contributed by atoms with van der Waals surface area (Å²) in [5.41, 5.74) is 0. The molecule has 4 N–H and O–H groups in total. The second-order valence-corrected chi connectivity index (χ2v) is 5.59. The van der Waals surface area contributed by atoms with E-state index in [1.807, 2.05) is 13.8 Å². The zero-order valence-corrected chi connectivity index (χ0v) is 13.9. The molecule has 122 valence electrons. The number of halogens is 2. The van der Waals surface area contributed by atoms with Gasteiger partial charge in [-0.3, -0.25) is 4.79 Å². The summed E-state index contributed by atoms with van der Waals surface area (Å²) in [5.74, 6) is 0.255. The summed E-state index contributed by atoms with van der Waals surface area (Å²) in [5, 5.41) is 11.5. The van der Waals surface area contributed by atoms with Crippen molar-refractivity contribution in [2.75, 3.05) is 25.0 Å². The fourth-order valence-electron chi connectivity index (χ4n) is 1.50. The van der Waals surface area contributed by atoms with E-state index in [9.17, 15) is 9.59 Å². The van der Waals surface area contributed by atoms with Gasteiger partial charge in [0.25, 0.3) is 0 Å². The first-order chi connectivity index (χ1) is 10.4. The minimum atomic E-state index is -0.420. The lowest BCUT2D eigenvalue weighted by molar-refractivity contribution is -0.120. The fourth-order valence-corrected chi connectivity index (χ4v) is 1.94.